The van der Waals surface area contributed by atoms with Crippen LogP contribution >= 0.6 is 0 Å². The Morgan fingerprint density at radius 3 is 2.56 bits per heavy atom. The molecule has 1 aliphatic heterocycles. The molecule has 0 aromatic carbocycles. The topological polar surface area (TPSA) is 87.7 Å². The minimum absolute atomic E-state index is 0.102. The van der Waals surface area contributed by atoms with Gasteiger partial charge >= 0.3 is 12.0 Å². The number of likely N-dealkylation sites (tertiary alicyclic amines) is 1. The molecule has 0 aliphatic carbocycles. The van der Waals surface area contributed by atoms with Gasteiger partial charge in [-0.2, -0.15) is 0 Å². The lowest BCUT2D eigenvalue weighted by Crippen LogP contribution is -2.43. The lowest BCUT2D eigenvalue weighted by atomic mass is 9.99. The quantitative estimate of drug-likeness (QED) is 0.645. The summed E-state index contributed by atoms with van der Waals surface area (Å²) in [6.45, 7) is 3.17. The molecule has 1 aliphatic rings. The van der Waals surface area contributed by atoms with Gasteiger partial charge in [-0.15, -0.1) is 0 Å². The highest BCUT2D eigenvalue weighted by Gasteiger charge is 2.36. The van der Waals surface area contributed by atoms with E-state index < -0.39 is 6.03 Å². The first kappa shape index (κ1) is 14.4. The summed E-state index contributed by atoms with van der Waals surface area (Å²) in [5.74, 6) is -0.697. The maximum atomic E-state index is 11.5. The van der Waals surface area contributed by atoms with Crippen molar-refractivity contribution in [1.82, 2.24) is 15.5 Å². The molecule has 1 saturated heterocycles. The summed E-state index contributed by atoms with van der Waals surface area (Å²) in [6, 6.07) is -0.531. The molecule has 2 N–H and O–H groups in total. The van der Waals surface area contributed by atoms with Crippen molar-refractivity contribution < 1.29 is 19.1 Å². The Balaban J connectivity index is 2.44. The van der Waals surface area contributed by atoms with E-state index in [0.717, 1.165) is 0 Å². The van der Waals surface area contributed by atoms with E-state index in [1.54, 1.807) is 0 Å². The molecule has 0 saturated carbocycles. The van der Waals surface area contributed by atoms with Crippen LogP contribution in [0.5, 0.6) is 0 Å². The van der Waals surface area contributed by atoms with E-state index in [0.29, 0.717) is 13.1 Å². The summed E-state index contributed by atoms with van der Waals surface area (Å²) < 4.78 is 4.71. The lowest BCUT2D eigenvalue weighted by molar-refractivity contribution is -0.146. The van der Waals surface area contributed by atoms with Crippen molar-refractivity contribution in [2.45, 2.75) is 6.92 Å². The first-order valence-corrected chi connectivity index (χ1v) is 5.79. The molecule has 2 unspecified atom stereocenters. The molecule has 18 heavy (non-hydrogen) atoms. The number of nitrogens with zero attached hydrogens (tertiary/aromatic N) is 1. The fourth-order valence-electron chi connectivity index (χ4n) is 2.09. The number of rotatable bonds is 3. The Bertz CT molecular complexity index is 345. The fraction of sp³-hybridized carbons (Fsp3) is 0.727. The van der Waals surface area contributed by atoms with Crippen molar-refractivity contribution in [2.75, 3.05) is 33.8 Å². The van der Waals surface area contributed by atoms with Crippen LogP contribution in [0.4, 0.5) is 4.79 Å². The SMILES string of the molecule is CNC(=O)NC(=O)CN1CC(C)C(C(=O)OC)C1. The van der Waals surface area contributed by atoms with Crippen molar-refractivity contribution in [3.8, 4) is 0 Å². The molecule has 3 amide bonds. The molecule has 2 atom stereocenters. The van der Waals surface area contributed by atoms with Crippen molar-refractivity contribution in [3.63, 3.8) is 0 Å². The number of ether oxygens (including phenoxy) is 1. The number of methoxy groups -OCH3 is 1. The summed E-state index contributed by atoms with van der Waals surface area (Å²) in [4.78, 5) is 35.7. The monoisotopic (exact) mass is 257 g/mol. The second kappa shape index (κ2) is 6.34. The van der Waals surface area contributed by atoms with Crippen LogP contribution < -0.4 is 10.6 Å². The van der Waals surface area contributed by atoms with Gasteiger partial charge in [-0.05, 0) is 5.92 Å². The zero-order valence-corrected chi connectivity index (χ0v) is 10.9. The smallest absolute Gasteiger partial charge is 0.321 e. The second-order valence-electron chi connectivity index (χ2n) is 4.43. The predicted molar refractivity (Wildman–Crippen MR) is 63.7 cm³/mol. The fourth-order valence-corrected chi connectivity index (χ4v) is 2.09. The Hall–Kier alpha value is -1.63. The third-order valence-corrected chi connectivity index (χ3v) is 3.04. The Kier molecular flexibility index (Phi) is 5.08. The number of esters is 1. The third-order valence-electron chi connectivity index (χ3n) is 3.04. The number of imide groups is 1. The van der Waals surface area contributed by atoms with Gasteiger partial charge in [0.25, 0.3) is 0 Å². The van der Waals surface area contributed by atoms with Crippen LogP contribution in [0, 0.1) is 11.8 Å². The van der Waals surface area contributed by atoms with Crippen molar-refractivity contribution in [1.29, 1.82) is 0 Å². The van der Waals surface area contributed by atoms with Crippen LogP contribution in [0.25, 0.3) is 0 Å². The van der Waals surface area contributed by atoms with E-state index in [1.165, 1.54) is 14.2 Å². The molecular weight excluding hydrogens is 238 g/mol. The zero-order valence-electron chi connectivity index (χ0n) is 10.9. The van der Waals surface area contributed by atoms with E-state index in [4.69, 9.17) is 4.74 Å². The van der Waals surface area contributed by atoms with E-state index in [-0.39, 0.29) is 30.3 Å². The average molecular weight is 257 g/mol. The first-order valence-electron chi connectivity index (χ1n) is 5.79. The van der Waals surface area contributed by atoms with Gasteiger partial charge in [0.15, 0.2) is 0 Å². The van der Waals surface area contributed by atoms with Gasteiger partial charge in [-0.1, -0.05) is 6.92 Å². The number of hydrogen-bond acceptors (Lipinski definition) is 5. The van der Waals surface area contributed by atoms with Crippen LogP contribution in [0.1, 0.15) is 6.92 Å². The highest BCUT2D eigenvalue weighted by Crippen LogP contribution is 2.23. The Morgan fingerprint density at radius 2 is 2.00 bits per heavy atom. The van der Waals surface area contributed by atoms with Crippen LogP contribution in [-0.2, 0) is 14.3 Å². The third kappa shape index (κ3) is 3.69. The van der Waals surface area contributed by atoms with Crippen molar-refractivity contribution in [2.24, 2.45) is 11.8 Å². The van der Waals surface area contributed by atoms with E-state index in [9.17, 15) is 14.4 Å². The van der Waals surface area contributed by atoms with E-state index >= 15 is 0 Å². The maximum Gasteiger partial charge on any atom is 0.321 e. The number of urea groups is 1. The minimum Gasteiger partial charge on any atom is -0.469 e. The second-order valence-corrected chi connectivity index (χ2v) is 4.43. The van der Waals surface area contributed by atoms with Gasteiger partial charge in [-0.3, -0.25) is 19.8 Å². The standard InChI is InChI=1S/C11H19N3O4/c1-7-4-14(5-8(7)10(16)18-3)6-9(15)13-11(17)12-2/h7-8H,4-6H2,1-3H3,(H2,12,13,15,17). The Morgan fingerprint density at radius 1 is 1.33 bits per heavy atom. The number of hydrogen-bond donors (Lipinski definition) is 2. The minimum atomic E-state index is -0.531. The number of nitrogens with one attached hydrogen (secondary N) is 2. The van der Waals surface area contributed by atoms with E-state index in [2.05, 4.69) is 10.6 Å². The van der Waals surface area contributed by atoms with Crippen LogP contribution in [0.15, 0.2) is 0 Å². The summed E-state index contributed by atoms with van der Waals surface area (Å²) in [5.41, 5.74) is 0. The van der Waals surface area contributed by atoms with Gasteiger partial charge in [0, 0.05) is 20.1 Å². The summed E-state index contributed by atoms with van der Waals surface area (Å²) in [7, 11) is 2.80. The van der Waals surface area contributed by atoms with Crippen molar-refractivity contribution in [3.05, 3.63) is 0 Å². The van der Waals surface area contributed by atoms with Crippen molar-refractivity contribution >= 4 is 17.9 Å². The average Bonchev–Trinajstić information content (AvgIpc) is 2.68. The predicted octanol–water partition coefficient (Wildman–Crippen LogP) is -0.817. The summed E-state index contributed by atoms with van der Waals surface area (Å²) in [5, 5.41) is 4.48. The van der Waals surface area contributed by atoms with Crippen LogP contribution in [-0.4, -0.2) is 56.6 Å². The van der Waals surface area contributed by atoms with Crippen LogP contribution in [0.2, 0.25) is 0 Å². The number of amides is 3. The first-order chi connectivity index (χ1) is 8.47. The molecule has 0 aromatic heterocycles. The van der Waals surface area contributed by atoms with Gasteiger partial charge in [0.05, 0.1) is 19.6 Å². The molecule has 7 heteroatoms. The van der Waals surface area contributed by atoms with Gasteiger partial charge in [0.1, 0.15) is 0 Å². The van der Waals surface area contributed by atoms with Gasteiger partial charge < -0.3 is 10.1 Å². The molecule has 0 spiro atoms. The van der Waals surface area contributed by atoms with Crippen LogP contribution in [0.3, 0.4) is 0 Å². The van der Waals surface area contributed by atoms with Gasteiger partial charge in [0.2, 0.25) is 5.91 Å². The van der Waals surface area contributed by atoms with E-state index in [1.807, 2.05) is 11.8 Å². The highest BCUT2D eigenvalue weighted by molar-refractivity contribution is 5.95. The number of carbonyl (C=O) groups excluding carboxylic acids is 3. The molecule has 1 fully saturated rings. The highest BCUT2D eigenvalue weighted by atomic mass is 16.5. The molecule has 0 bridgehead atoms. The normalized spacial score (nSPS) is 23.5. The Labute approximate surface area is 106 Å². The molecule has 1 heterocycles. The summed E-state index contributed by atoms with van der Waals surface area (Å²) >= 11 is 0. The molecular formula is C11H19N3O4. The molecule has 0 radical (unpaired) electrons. The molecule has 0 aromatic rings. The molecule has 7 nitrogen and oxygen atoms in total. The summed E-state index contributed by atoms with van der Waals surface area (Å²) in [6.07, 6.45) is 0. The lowest BCUT2D eigenvalue weighted by Gasteiger charge is -2.14. The largest absolute Gasteiger partial charge is 0.469 e. The number of carbonyl (C=O) groups is 3. The van der Waals surface area contributed by atoms with Gasteiger partial charge in [-0.25, -0.2) is 4.79 Å². The zero-order chi connectivity index (χ0) is 13.7. The molecule has 102 valence electrons. The maximum absolute atomic E-state index is 11.5. The molecule has 1 rings (SSSR count).